The number of hydrogen-bond donors (Lipinski definition) is 12. The highest BCUT2D eigenvalue weighted by Crippen LogP contribution is 2.72. The second-order valence-corrected chi connectivity index (χ2v) is 19.2. The van der Waals surface area contributed by atoms with Crippen molar-refractivity contribution in [2.45, 2.75) is 176 Å². The highest BCUT2D eigenvalue weighted by molar-refractivity contribution is 5.23. The SMILES string of the molecule is CO[C@]1(CC[C@H](C)CO[C@@H]2O[C@H](CO)[C@@H](O)[C@H](O)[C@H]2O)O[C@H]2C[C@H]3[C@@H]4CC[C@]5(O[C@@H]6O[C@H](CO)[C@@H](O)[C@H](O)[C@H]6O)[C@@H](O)[C@@H](O)[C@@H](O)[C@@H](O)[C@]5(C)[C@H]4CC[C@]3(C)[C@H]2[C@@H]1C. The maximum Gasteiger partial charge on any atom is 0.187 e. The van der Waals surface area contributed by atoms with Crippen LogP contribution in [0.3, 0.4) is 0 Å². The first-order chi connectivity index (χ1) is 27.3. The molecule has 58 heavy (non-hydrogen) atoms. The molecule has 4 saturated carbocycles. The van der Waals surface area contributed by atoms with Crippen LogP contribution in [0.2, 0.25) is 0 Å². The second kappa shape index (κ2) is 16.4. The number of ether oxygens (including phenoxy) is 6. The Balaban J connectivity index is 1.07. The standard InChI is InChI=1S/C40H68O18/c1-16(15-54-35-31(49)27(45)25(43)22(13-41)55-35)6-11-40(53-5)17(2)24-21(57-40)12-20-18-7-10-39(58-36-32(50)28(46)26(44)23(14-42)56-36)34(52)30(48)29(47)33(51)38(39,4)19(18)8-9-37(20,24)3/h16-36,41-52H,6-15H2,1-5H3/t16-,17-,18+,19-,20-,21-,22+,23+,24-,25+,26+,27-,28-,29+,30-,31+,32+,33+,34-,35+,36-,37-,38-,39-,40+/m0/s1. The van der Waals surface area contributed by atoms with Crippen LogP contribution in [0.4, 0.5) is 0 Å². The summed E-state index contributed by atoms with van der Waals surface area (Å²) in [6, 6.07) is 0. The van der Waals surface area contributed by atoms with E-state index in [9.17, 15) is 61.3 Å². The van der Waals surface area contributed by atoms with Gasteiger partial charge in [-0.25, -0.2) is 0 Å². The zero-order valence-corrected chi connectivity index (χ0v) is 34.0. The molecule has 18 nitrogen and oxygen atoms in total. The van der Waals surface area contributed by atoms with Crippen molar-refractivity contribution in [3.8, 4) is 0 Å². The third kappa shape index (κ3) is 6.67. The summed E-state index contributed by atoms with van der Waals surface area (Å²) in [5, 5.41) is 128. The van der Waals surface area contributed by atoms with E-state index >= 15 is 0 Å². The molecule has 3 saturated heterocycles. The van der Waals surface area contributed by atoms with Crippen molar-refractivity contribution >= 4 is 0 Å². The van der Waals surface area contributed by atoms with E-state index in [1.54, 1.807) is 14.0 Å². The molecule has 0 radical (unpaired) electrons. The third-order valence-electron chi connectivity index (χ3n) is 16.6. The lowest BCUT2D eigenvalue weighted by molar-refractivity contribution is -0.398. The van der Waals surface area contributed by atoms with Crippen molar-refractivity contribution in [2.75, 3.05) is 26.9 Å². The smallest absolute Gasteiger partial charge is 0.187 e. The molecule has 0 bridgehead atoms. The van der Waals surface area contributed by atoms with Gasteiger partial charge in [0.05, 0.1) is 32.0 Å². The molecule has 336 valence electrons. The van der Waals surface area contributed by atoms with Crippen LogP contribution in [0, 0.1) is 46.3 Å². The molecule has 25 atom stereocenters. The Bertz CT molecular complexity index is 1430. The van der Waals surface area contributed by atoms with Gasteiger partial charge < -0.3 is 89.7 Å². The molecule has 0 aromatic carbocycles. The Hall–Kier alpha value is -0.720. The number of aliphatic hydroxyl groups is 12. The monoisotopic (exact) mass is 836 g/mol. The van der Waals surface area contributed by atoms with Gasteiger partial charge >= 0.3 is 0 Å². The van der Waals surface area contributed by atoms with Gasteiger partial charge in [-0.3, -0.25) is 0 Å². The number of methoxy groups -OCH3 is 1. The van der Waals surface area contributed by atoms with Crippen LogP contribution < -0.4 is 0 Å². The van der Waals surface area contributed by atoms with Gasteiger partial charge in [0.2, 0.25) is 0 Å². The second-order valence-electron chi connectivity index (χ2n) is 19.2. The maximum atomic E-state index is 12.0. The van der Waals surface area contributed by atoms with Gasteiger partial charge in [-0.1, -0.05) is 27.7 Å². The predicted octanol–water partition coefficient (Wildman–Crippen LogP) is -2.92. The molecule has 3 aliphatic heterocycles. The number of fused-ring (bicyclic) bond motifs is 7. The molecule has 0 amide bonds. The van der Waals surface area contributed by atoms with Crippen LogP contribution in [-0.4, -0.2) is 192 Å². The van der Waals surface area contributed by atoms with E-state index in [0.717, 1.165) is 0 Å². The van der Waals surface area contributed by atoms with Crippen molar-refractivity contribution in [1.82, 2.24) is 0 Å². The molecular weight excluding hydrogens is 768 g/mol. The first kappa shape index (κ1) is 45.3. The lowest BCUT2D eigenvalue weighted by Crippen LogP contribution is -2.79. The minimum absolute atomic E-state index is 0.0162. The normalized spacial score (nSPS) is 57.3. The average Bonchev–Trinajstić information content (AvgIpc) is 3.67. The van der Waals surface area contributed by atoms with E-state index in [4.69, 9.17) is 28.4 Å². The van der Waals surface area contributed by atoms with Gasteiger partial charge in [-0.2, -0.15) is 0 Å². The van der Waals surface area contributed by atoms with Crippen molar-refractivity contribution in [2.24, 2.45) is 46.3 Å². The van der Waals surface area contributed by atoms with Crippen LogP contribution in [-0.2, 0) is 28.4 Å². The molecular formula is C40H68O18. The Morgan fingerprint density at radius 1 is 0.707 bits per heavy atom. The van der Waals surface area contributed by atoms with Gasteiger partial charge in [0.15, 0.2) is 18.4 Å². The summed E-state index contributed by atoms with van der Waals surface area (Å²) in [4.78, 5) is 0. The summed E-state index contributed by atoms with van der Waals surface area (Å²) in [5.74, 6) is -1.10. The lowest BCUT2D eigenvalue weighted by atomic mass is 9.41. The van der Waals surface area contributed by atoms with Gasteiger partial charge in [-0.05, 0) is 73.5 Å². The topological polar surface area (TPSA) is 298 Å². The minimum Gasteiger partial charge on any atom is -0.394 e. The van der Waals surface area contributed by atoms with E-state index in [0.29, 0.717) is 38.5 Å². The molecule has 0 aromatic rings. The largest absolute Gasteiger partial charge is 0.394 e. The lowest BCUT2D eigenvalue weighted by Gasteiger charge is -2.68. The molecule has 0 spiro atoms. The highest BCUT2D eigenvalue weighted by atomic mass is 16.7. The van der Waals surface area contributed by atoms with E-state index in [-0.39, 0.29) is 60.1 Å². The van der Waals surface area contributed by atoms with E-state index in [2.05, 4.69) is 13.8 Å². The molecule has 3 heterocycles. The molecule has 12 N–H and O–H groups in total. The highest BCUT2D eigenvalue weighted by Gasteiger charge is 2.76. The zero-order valence-electron chi connectivity index (χ0n) is 34.0. The molecule has 7 rings (SSSR count). The van der Waals surface area contributed by atoms with Gasteiger partial charge in [0.25, 0.3) is 0 Å². The Morgan fingerprint density at radius 3 is 1.90 bits per heavy atom. The third-order valence-corrected chi connectivity index (χ3v) is 16.6. The average molecular weight is 837 g/mol. The van der Waals surface area contributed by atoms with Crippen molar-refractivity contribution in [1.29, 1.82) is 0 Å². The van der Waals surface area contributed by atoms with Crippen LogP contribution in [0.15, 0.2) is 0 Å². The quantitative estimate of drug-likeness (QED) is 0.0928. The molecule has 7 fully saturated rings. The molecule has 0 aromatic heterocycles. The summed E-state index contributed by atoms with van der Waals surface area (Å²) >= 11 is 0. The van der Waals surface area contributed by atoms with Crippen LogP contribution >= 0.6 is 0 Å². The van der Waals surface area contributed by atoms with Gasteiger partial charge in [0, 0.05) is 24.9 Å². The fraction of sp³-hybridized carbons (Fsp3) is 1.00. The van der Waals surface area contributed by atoms with E-state index < -0.39 is 116 Å². The Kier molecular flexibility index (Phi) is 12.8. The summed E-state index contributed by atoms with van der Waals surface area (Å²) in [6.07, 6.45) is -18.1. The van der Waals surface area contributed by atoms with Crippen LogP contribution in [0.1, 0.15) is 72.6 Å². The zero-order chi connectivity index (χ0) is 42.4. The van der Waals surface area contributed by atoms with Gasteiger partial charge in [-0.15, -0.1) is 0 Å². The summed E-state index contributed by atoms with van der Waals surface area (Å²) in [7, 11) is 1.65. The molecule has 7 aliphatic rings. The van der Waals surface area contributed by atoms with E-state index in [1.165, 1.54) is 0 Å². The van der Waals surface area contributed by atoms with Crippen LogP contribution in [0.25, 0.3) is 0 Å². The first-order valence-corrected chi connectivity index (χ1v) is 21.1. The van der Waals surface area contributed by atoms with Crippen molar-refractivity contribution in [3.05, 3.63) is 0 Å². The van der Waals surface area contributed by atoms with Crippen molar-refractivity contribution in [3.63, 3.8) is 0 Å². The number of hydrogen-bond acceptors (Lipinski definition) is 18. The summed E-state index contributed by atoms with van der Waals surface area (Å²) in [6.45, 7) is 7.09. The molecule has 4 aliphatic carbocycles. The molecule has 0 unspecified atom stereocenters. The Morgan fingerprint density at radius 2 is 1.29 bits per heavy atom. The number of rotatable bonds is 11. The summed E-state index contributed by atoms with van der Waals surface area (Å²) in [5.41, 5.74) is -3.36. The predicted molar refractivity (Wildman–Crippen MR) is 197 cm³/mol. The van der Waals surface area contributed by atoms with Gasteiger partial charge in [0.1, 0.15) is 72.7 Å². The fourth-order valence-electron chi connectivity index (χ4n) is 13.3. The number of aliphatic hydroxyl groups excluding tert-OH is 12. The summed E-state index contributed by atoms with van der Waals surface area (Å²) < 4.78 is 36.7. The maximum absolute atomic E-state index is 12.0. The first-order valence-electron chi connectivity index (χ1n) is 21.1. The minimum atomic E-state index is -1.80. The van der Waals surface area contributed by atoms with Crippen molar-refractivity contribution < 1.29 is 89.7 Å². The fourth-order valence-corrected chi connectivity index (χ4v) is 13.3. The molecule has 18 heteroatoms. The Labute approximate surface area is 338 Å². The van der Waals surface area contributed by atoms with E-state index in [1.807, 2.05) is 6.92 Å². The van der Waals surface area contributed by atoms with Crippen LogP contribution in [0.5, 0.6) is 0 Å².